The van der Waals surface area contributed by atoms with Crippen molar-refractivity contribution in [3.05, 3.63) is 71.8 Å². The van der Waals surface area contributed by atoms with Crippen LogP contribution in [-0.4, -0.2) is 58.0 Å². The van der Waals surface area contributed by atoms with Crippen LogP contribution in [0.3, 0.4) is 0 Å². The second-order valence-electron chi connectivity index (χ2n) is 6.98. The van der Waals surface area contributed by atoms with Gasteiger partial charge < -0.3 is 18.6 Å². The summed E-state index contributed by atoms with van der Waals surface area (Å²) >= 11 is 0. The number of aromatic nitrogens is 2. The van der Waals surface area contributed by atoms with E-state index in [0.717, 1.165) is 5.56 Å². The van der Waals surface area contributed by atoms with Crippen molar-refractivity contribution in [2.75, 3.05) is 26.2 Å². The van der Waals surface area contributed by atoms with Gasteiger partial charge in [-0.25, -0.2) is 0 Å². The van der Waals surface area contributed by atoms with E-state index in [4.69, 9.17) is 8.83 Å². The number of amides is 2. The van der Waals surface area contributed by atoms with Crippen LogP contribution in [0.1, 0.15) is 40.2 Å². The molecule has 150 valence electrons. The van der Waals surface area contributed by atoms with E-state index >= 15 is 0 Å². The van der Waals surface area contributed by atoms with Crippen LogP contribution in [0, 0.1) is 6.92 Å². The van der Waals surface area contributed by atoms with E-state index in [1.54, 1.807) is 28.9 Å². The number of hydrogen-bond donors (Lipinski definition) is 0. The van der Waals surface area contributed by atoms with Crippen molar-refractivity contribution >= 4 is 11.8 Å². The Kier molecular flexibility index (Phi) is 5.41. The number of nitrogens with zero attached hydrogens (tertiary/aromatic N) is 4. The summed E-state index contributed by atoms with van der Waals surface area (Å²) in [6.45, 7) is 3.64. The molecule has 1 unspecified atom stereocenters. The Labute approximate surface area is 168 Å². The Morgan fingerprint density at radius 3 is 2.34 bits per heavy atom. The molecule has 1 aliphatic rings. The normalized spacial score (nSPS) is 15.3. The quantitative estimate of drug-likeness (QED) is 0.660. The lowest BCUT2D eigenvalue weighted by atomic mass is 9.95. The molecule has 3 aromatic rings. The molecule has 0 spiro atoms. The molecule has 0 N–H and O–H groups in total. The monoisotopic (exact) mass is 394 g/mol. The summed E-state index contributed by atoms with van der Waals surface area (Å²) in [5.74, 6) is 0.783. The number of furan rings is 1. The van der Waals surface area contributed by atoms with Crippen molar-refractivity contribution in [2.45, 2.75) is 19.3 Å². The SMILES string of the molecule is Cc1nnc(C(CC(=O)N2CCN(C(=O)c3ccco3)CC2)c2ccccc2)o1. The van der Waals surface area contributed by atoms with Crippen LogP contribution >= 0.6 is 0 Å². The first kappa shape index (κ1) is 18.9. The zero-order valence-corrected chi connectivity index (χ0v) is 16.2. The number of carbonyl (C=O) groups excluding carboxylic acids is 2. The van der Waals surface area contributed by atoms with Crippen molar-refractivity contribution in [2.24, 2.45) is 0 Å². The second kappa shape index (κ2) is 8.30. The molecule has 1 aliphatic heterocycles. The maximum atomic E-state index is 13.0. The fourth-order valence-electron chi connectivity index (χ4n) is 3.50. The average Bonchev–Trinajstić information content (AvgIpc) is 3.44. The van der Waals surface area contributed by atoms with E-state index in [2.05, 4.69) is 10.2 Å². The van der Waals surface area contributed by atoms with Gasteiger partial charge in [0.1, 0.15) is 0 Å². The highest BCUT2D eigenvalue weighted by Crippen LogP contribution is 2.28. The van der Waals surface area contributed by atoms with Crippen LogP contribution in [0.2, 0.25) is 0 Å². The van der Waals surface area contributed by atoms with Gasteiger partial charge in [-0.05, 0) is 17.7 Å². The minimum absolute atomic E-state index is 0.000182. The number of benzene rings is 1. The lowest BCUT2D eigenvalue weighted by Gasteiger charge is -2.34. The van der Waals surface area contributed by atoms with Gasteiger partial charge in [-0.1, -0.05) is 30.3 Å². The maximum Gasteiger partial charge on any atom is 0.289 e. The molecule has 1 saturated heterocycles. The molecule has 8 nitrogen and oxygen atoms in total. The molecule has 4 rings (SSSR count). The molecule has 1 fully saturated rings. The van der Waals surface area contributed by atoms with Crippen LogP contribution in [0.4, 0.5) is 0 Å². The third-order valence-electron chi connectivity index (χ3n) is 5.07. The molecule has 0 saturated carbocycles. The molecule has 0 aliphatic carbocycles. The van der Waals surface area contributed by atoms with Gasteiger partial charge in [0, 0.05) is 39.5 Å². The third kappa shape index (κ3) is 4.21. The number of piperazine rings is 1. The first-order valence-electron chi connectivity index (χ1n) is 9.57. The minimum Gasteiger partial charge on any atom is -0.459 e. The smallest absolute Gasteiger partial charge is 0.289 e. The molecular weight excluding hydrogens is 372 g/mol. The zero-order chi connectivity index (χ0) is 20.2. The fourth-order valence-corrected chi connectivity index (χ4v) is 3.50. The summed E-state index contributed by atoms with van der Waals surface area (Å²) in [5, 5.41) is 8.05. The standard InChI is InChI=1S/C21H22N4O4/c1-15-22-23-20(29-15)17(16-6-3-2-4-7-16)14-19(26)24-9-11-25(12-10-24)21(27)18-8-5-13-28-18/h2-8,13,17H,9-12,14H2,1H3. The van der Waals surface area contributed by atoms with Gasteiger partial charge in [0.15, 0.2) is 5.76 Å². The molecular formula is C21H22N4O4. The predicted octanol–water partition coefficient (Wildman–Crippen LogP) is 2.48. The number of rotatable bonds is 5. The summed E-state index contributed by atoms with van der Waals surface area (Å²) in [5.41, 5.74) is 0.955. The molecule has 29 heavy (non-hydrogen) atoms. The van der Waals surface area contributed by atoms with Crippen molar-refractivity contribution in [3.63, 3.8) is 0 Å². The van der Waals surface area contributed by atoms with Crippen molar-refractivity contribution in [3.8, 4) is 0 Å². The molecule has 0 bridgehead atoms. The molecule has 1 atom stereocenters. The van der Waals surface area contributed by atoms with E-state index in [-0.39, 0.29) is 24.2 Å². The average molecular weight is 394 g/mol. The first-order valence-corrected chi connectivity index (χ1v) is 9.57. The van der Waals surface area contributed by atoms with Crippen LogP contribution in [0.5, 0.6) is 0 Å². The third-order valence-corrected chi connectivity index (χ3v) is 5.07. The highest BCUT2D eigenvalue weighted by molar-refractivity contribution is 5.91. The largest absolute Gasteiger partial charge is 0.459 e. The summed E-state index contributed by atoms with van der Waals surface area (Å²) in [6, 6.07) is 13.0. The van der Waals surface area contributed by atoms with Gasteiger partial charge in [0.25, 0.3) is 5.91 Å². The summed E-state index contributed by atoms with van der Waals surface area (Å²) in [7, 11) is 0. The van der Waals surface area contributed by atoms with Crippen molar-refractivity contribution < 1.29 is 18.4 Å². The van der Waals surface area contributed by atoms with E-state index in [1.165, 1.54) is 6.26 Å². The van der Waals surface area contributed by atoms with Crippen molar-refractivity contribution in [1.29, 1.82) is 0 Å². The fraction of sp³-hybridized carbons (Fsp3) is 0.333. The van der Waals surface area contributed by atoms with Gasteiger partial charge in [0.2, 0.25) is 17.7 Å². The van der Waals surface area contributed by atoms with E-state index in [9.17, 15) is 9.59 Å². The zero-order valence-electron chi connectivity index (χ0n) is 16.2. The topological polar surface area (TPSA) is 92.7 Å². The van der Waals surface area contributed by atoms with Crippen LogP contribution in [0.25, 0.3) is 0 Å². The summed E-state index contributed by atoms with van der Waals surface area (Å²) in [4.78, 5) is 28.9. The molecule has 2 amide bonds. The number of aryl methyl sites for hydroxylation is 1. The Balaban J connectivity index is 1.42. The van der Waals surface area contributed by atoms with Gasteiger partial charge in [-0.15, -0.1) is 10.2 Å². The van der Waals surface area contributed by atoms with Crippen LogP contribution < -0.4 is 0 Å². The molecule has 3 heterocycles. The lowest BCUT2D eigenvalue weighted by molar-refractivity contribution is -0.133. The van der Waals surface area contributed by atoms with Gasteiger partial charge >= 0.3 is 0 Å². The van der Waals surface area contributed by atoms with E-state index < -0.39 is 0 Å². The van der Waals surface area contributed by atoms with Gasteiger partial charge in [-0.3, -0.25) is 9.59 Å². The first-order chi connectivity index (χ1) is 14.1. The Bertz CT molecular complexity index is 960. The Hall–Kier alpha value is -3.42. The molecule has 2 aromatic heterocycles. The van der Waals surface area contributed by atoms with Crippen LogP contribution in [-0.2, 0) is 4.79 Å². The maximum absolute atomic E-state index is 13.0. The highest BCUT2D eigenvalue weighted by atomic mass is 16.4. The summed E-state index contributed by atoms with van der Waals surface area (Å²) in [6.07, 6.45) is 1.72. The van der Waals surface area contributed by atoms with Crippen LogP contribution in [0.15, 0.2) is 57.6 Å². The van der Waals surface area contributed by atoms with Gasteiger partial charge in [0.05, 0.1) is 12.2 Å². The molecule has 0 radical (unpaired) electrons. The number of carbonyl (C=O) groups is 2. The van der Waals surface area contributed by atoms with Gasteiger partial charge in [-0.2, -0.15) is 0 Å². The highest BCUT2D eigenvalue weighted by Gasteiger charge is 2.29. The summed E-state index contributed by atoms with van der Waals surface area (Å²) < 4.78 is 10.8. The second-order valence-corrected chi connectivity index (χ2v) is 6.98. The Morgan fingerprint density at radius 1 is 1.00 bits per heavy atom. The predicted molar refractivity (Wildman–Crippen MR) is 103 cm³/mol. The Morgan fingerprint density at radius 2 is 1.72 bits per heavy atom. The van der Waals surface area contributed by atoms with E-state index in [0.29, 0.717) is 43.7 Å². The minimum atomic E-state index is -0.298. The molecule has 1 aromatic carbocycles. The number of hydrogen-bond acceptors (Lipinski definition) is 6. The molecule has 8 heteroatoms. The lowest BCUT2D eigenvalue weighted by Crippen LogP contribution is -2.50. The van der Waals surface area contributed by atoms with Crippen molar-refractivity contribution in [1.82, 2.24) is 20.0 Å². The van der Waals surface area contributed by atoms with E-state index in [1.807, 2.05) is 30.3 Å².